The third-order valence-electron chi connectivity index (χ3n) is 5.04. The van der Waals surface area contributed by atoms with Gasteiger partial charge in [0, 0.05) is 32.4 Å². The average Bonchev–Trinajstić information content (AvgIpc) is 2.85. The molecule has 0 radical (unpaired) electrons. The molecule has 5 heteroatoms. The Kier molecular flexibility index (Phi) is 7.05. The van der Waals surface area contributed by atoms with Crippen LogP contribution in [0.25, 0.3) is 0 Å². The van der Waals surface area contributed by atoms with Gasteiger partial charge in [0.25, 0.3) is 0 Å². The van der Waals surface area contributed by atoms with Crippen LogP contribution >= 0.6 is 0 Å². The van der Waals surface area contributed by atoms with Crippen LogP contribution in [0.15, 0.2) is 35.3 Å². The van der Waals surface area contributed by atoms with Gasteiger partial charge in [-0.15, -0.1) is 0 Å². The first-order valence-electron chi connectivity index (χ1n) is 9.72. The summed E-state index contributed by atoms with van der Waals surface area (Å²) in [4.78, 5) is 4.40. The van der Waals surface area contributed by atoms with Crippen LogP contribution in [0.5, 0.6) is 0 Å². The molecule has 1 aromatic heterocycles. The molecule has 148 valence electrons. The van der Waals surface area contributed by atoms with E-state index in [0.29, 0.717) is 0 Å². The van der Waals surface area contributed by atoms with Gasteiger partial charge < -0.3 is 10.6 Å². The standard InChI is InChI=1S/C22H35N5/c1-16(13-20-17(2)26-27(7)18(20)3)25-21(23-6)24-15-22(4,5)14-19-11-9-8-10-12-19/h8-12,16H,13-15H2,1-7H3,(H2,23,24,25). The van der Waals surface area contributed by atoms with Crippen LogP contribution in [0, 0.1) is 19.3 Å². The van der Waals surface area contributed by atoms with E-state index in [-0.39, 0.29) is 11.5 Å². The molecular weight excluding hydrogens is 334 g/mol. The number of aromatic nitrogens is 2. The van der Waals surface area contributed by atoms with Crippen LogP contribution in [0.3, 0.4) is 0 Å². The monoisotopic (exact) mass is 369 g/mol. The molecule has 1 unspecified atom stereocenters. The Labute approximate surface area is 164 Å². The third-order valence-corrected chi connectivity index (χ3v) is 5.04. The minimum atomic E-state index is 0.138. The predicted molar refractivity (Wildman–Crippen MR) is 114 cm³/mol. The van der Waals surface area contributed by atoms with Crippen LogP contribution in [-0.2, 0) is 19.9 Å². The van der Waals surface area contributed by atoms with Gasteiger partial charge in [0.15, 0.2) is 5.96 Å². The van der Waals surface area contributed by atoms with Crippen LogP contribution < -0.4 is 10.6 Å². The molecule has 27 heavy (non-hydrogen) atoms. The van der Waals surface area contributed by atoms with Gasteiger partial charge in [-0.2, -0.15) is 5.10 Å². The zero-order chi connectivity index (χ0) is 20.0. The molecule has 0 spiro atoms. The highest BCUT2D eigenvalue weighted by molar-refractivity contribution is 5.80. The van der Waals surface area contributed by atoms with E-state index in [1.807, 2.05) is 18.8 Å². The number of hydrogen-bond donors (Lipinski definition) is 2. The average molecular weight is 370 g/mol. The first-order valence-corrected chi connectivity index (χ1v) is 9.72. The second-order valence-corrected chi connectivity index (χ2v) is 8.27. The number of hydrogen-bond acceptors (Lipinski definition) is 2. The van der Waals surface area contributed by atoms with Gasteiger partial charge in [0.1, 0.15) is 0 Å². The summed E-state index contributed by atoms with van der Waals surface area (Å²) in [6.07, 6.45) is 1.96. The van der Waals surface area contributed by atoms with Crippen LogP contribution in [-0.4, -0.2) is 35.4 Å². The highest BCUT2D eigenvalue weighted by atomic mass is 15.3. The third kappa shape index (κ3) is 6.12. The Balaban J connectivity index is 1.89. The summed E-state index contributed by atoms with van der Waals surface area (Å²) in [6.45, 7) is 11.8. The molecule has 1 aromatic carbocycles. The van der Waals surface area contributed by atoms with Gasteiger partial charge in [-0.3, -0.25) is 9.67 Å². The van der Waals surface area contributed by atoms with Gasteiger partial charge in [-0.1, -0.05) is 44.2 Å². The fourth-order valence-corrected chi connectivity index (χ4v) is 3.43. The van der Waals surface area contributed by atoms with Crippen molar-refractivity contribution in [3.05, 3.63) is 52.8 Å². The molecule has 0 aliphatic rings. The van der Waals surface area contributed by atoms with E-state index in [4.69, 9.17) is 0 Å². The largest absolute Gasteiger partial charge is 0.356 e. The van der Waals surface area contributed by atoms with Crippen molar-refractivity contribution in [2.75, 3.05) is 13.6 Å². The summed E-state index contributed by atoms with van der Waals surface area (Å²) in [5.41, 5.74) is 5.16. The molecular formula is C22H35N5. The number of benzene rings is 1. The quantitative estimate of drug-likeness (QED) is 0.581. The summed E-state index contributed by atoms with van der Waals surface area (Å²) in [5.74, 6) is 0.850. The Hall–Kier alpha value is -2.30. The first-order chi connectivity index (χ1) is 12.7. The maximum absolute atomic E-state index is 4.51. The fraction of sp³-hybridized carbons (Fsp3) is 0.545. The van der Waals surface area contributed by atoms with Gasteiger partial charge >= 0.3 is 0 Å². The second kappa shape index (κ2) is 9.07. The van der Waals surface area contributed by atoms with Gasteiger partial charge in [0.2, 0.25) is 0 Å². The minimum Gasteiger partial charge on any atom is -0.356 e. The topological polar surface area (TPSA) is 54.2 Å². The Bertz CT molecular complexity index is 759. The number of aryl methyl sites for hydroxylation is 2. The summed E-state index contributed by atoms with van der Waals surface area (Å²) < 4.78 is 1.95. The molecule has 0 saturated carbocycles. The lowest BCUT2D eigenvalue weighted by atomic mass is 9.86. The van der Waals surface area contributed by atoms with E-state index >= 15 is 0 Å². The zero-order valence-corrected chi connectivity index (χ0v) is 17.9. The summed E-state index contributed by atoms with van der Waals surface area (Å²) in [7, 11) is 3.83. The van der Waals surface area contributed by atoms with E-state index in [1.165, 1.54) is 16.8 Å². The highest BCUT2D eigenvalue weighted by Gasteiger charge is 2.20. The van der Waals surface area contributed by atoms with Crippen LogP contribution in [0.2, 0.25) is 0 Å². The molecule has 2 aromatic rings. The maximum Gasteiger partial charge on any atom is 0.191 e. The van der Waals surface area contributed by atoms with Crippen LogP contribution in [0.4, 0.5) is 0 Å². The first kappa shape index (κ1) is 21.0. The normalized spacial score (nSPS) is 13.5. The molecule has 0 aliphatic carbocycles. The Morgan fingerprint density at radius 2 is 1.89 bits per heavy atom. The summed E-state index contributed by atoms with van der Waals surface area (Å²) >= 11 is 0. The van der Waals surface area contributed by atoms with Crippen molar-refractivity contribution in [1.82, 2.24) is 20.4 Å². The van der Waals surface area contributed by atoms with Crippen molar-refractivity contribution in [3.8, 4) is 0 Å². The van der Waals surface area contributed by atoms with E-state index in [9.17, 15) is 0 Å². The minimum absolute atomic E-state index is 0.138. The van der Waals surface area contributed by atoms with E-state index in [0.717, 1.165) is 31.0 Å². The van der Waals surface area contributed by atoms with E-state index in [1.54, 1.807) is 0 Å². The van der Waals surface area contributed by atoms with Crippen LogP contribution in [0.1, 0.15) is 43.3 Å². The Morgan fingerprint density at radius 1 is 1.22 bits per heavy atom. The van der Waals surface area contributed by atoms with Crippen molar-refractivity contribution in [2.24, 2.45) is 17.5 Å². The molecule has 0 amide bonds. The SMILES string of the molecule is CN=C(NCC(C)(C)Cc1ccccc1)NC(C)Cc1c(C)nn(C)c1C. The number of rotatable bonds is 7. The van der Waals surface area contributed by atoms with Crippen molar-refractivity contribution in [3.63, 3.8) is 0 Å². The van der Waals surface area contributed by atoms with Crippen molar-refractivity contribution in [1.29, 1.82) is 0 Å². The maximum atomic E-state index is 4.51. The van der Waals surface area contributed by atoms with E-state index < -0.39 is 0 Å². The molecule has 0 aliphatic heterocycles. The number of aliphatic imine (C=N–C) groups is 1. The molecule has 5 nitrogen and oxygen atoms in total. The summed E-state index contributed by atoms with van der Waals surface area (Å²) in [5, 5.41) is 11.5. The molecule has 1 heterocycles. The second-order valence-electron chi connectivity index (χ2n) is 8.27. The lowest BCUT2D eigenvalue weighted by Crippen LogP contribution is -2.46. The van der Waals surface area contributed by atoms with Crippen molar-refractivity contribution < 1.29 is 0 Å². The molecule has 2 rings (SSSR count). The van der Waals surface area contributed by atoms with Gasteiger partial charge in [-0.05, 0) is 50.2 Å². The molecule has 0 saturated heterocycles. The fourth-order valence-electron chi connectivity index (χ4n) is 3.43. The molecule has 1 atom stereocenters. The number of guanidine groups is 1. The molecule has 0 bridgehead atoms. The lowest BCUT2D eigenvalue weighted by molar-refractivity contribution is 0.358. The van der Waals surface area contributed by atoms with Crippen molar-refractivity contribution in [2.45, 2.75) is 53.5 Å². The molecule has 0 fully saturated rings. The summed E-state index contributed by atoms with van der Waals surface area (Å²) in [6, 6.07) is 10.9. The molecule has 2 N–H and O–H groups in total. The number of nitrogens with one attached hydrogen (secondary N) is 2. The highest BCUT2D eigenvalue weighted by Crippen LogP contribution is 2.20. The smallest absolute Gasteiger partial charge is 0.191 e. The lowest BCUT2D eigenvalue weighted by Gasteiger charge is -2.27. The van der Waals surface area contributed by atoms with Gasteiger partial charge in [0.05, 0.1) is 5.69 Å². The van der Waals surface area contributed by atoms with Crippen molar-refractivity contribution >= 4 is 5.96 Å². The van der Waals surface area contributed by atoms with Gasteiger partial charge in [-0.25, -0.2) is 0 Å². The Morgan fingerprint density at radius 3 is 2.44 bits per heavy atom. The van der Waals surface area contributed by atoms with E-state index in [2.05, 4.69) is 85.7 Å². The zero-order valence-electron chi connectivity index (χ0n) is 17.9. The number of nitrogens with zero attached hydrogens (tertiary/aromatic N) is 3. The predicted octanol–water partition coefficient (Wildman–Crippen LogP) is 3.40.